The fourth-order valence-electron chi connectivity index (χ4n) is 3.21. The molecule has 7 heteroatoms. The van der Waals surface area contributed by atoms with E-state index < -0.39 is 11.9 Å². The Kier molecular flexibility index (Phi) is 7.70. The van der Waals surface area contributed by atoms with E-state index in [-0.39, 0.29) is 26.4 Å². The molecule has 7 nitrogen and oxygen atoms in total. The summed E-state index contributed by atoms with van der Waals surface area (Å²) in [6, 6.07) is 13.2. The molecule has 0 aliphatic heterocycles. The van der Waals surface area contributed by atoms with Gasteiger partial charge in [-0.3, -0.25) is 0 Å². The summed E-state index contributed by atoms with van der Waals surface area (Å²) in [5.74, 6) is 0.898. The van der Waals surface area contributed by atoms with E-state index in [0.717, 1.165) is 33.7 Å². The third-order valence-corrected chi connectivity index (χ3v) is 4.61. The van der Waals surface area contributed by atoms with Gasteiger partial charge in [-0.05, 0) is 18.2 Å². The van der Waals surface area contributed by atoms with Crippen LogP contribution < -0.4 is 14.2 Å². The Labute approximate surface area is 185 Å². The third kappa shape index (κ3) is 5.18. The van der Waals surface area contributed by atoms with Crippen molar-refractivity contribution in [3.05, 3.63) is 67.8 Å². The van der Waals surface area contributed by atoms with Crippen LogP contribution in [-0.4, -0.2) is 45.5 Å². The first kappa shape index (κ1) is 22.7. The first-order chi connectivity index (χ1) is 15.6. The van der Waals surface area contributed by atoms with Gasteiger partial charge >= 0.3 is 11.9 Å². The molecule has 166 valence electrons. The lowest BCUT2D eigenvalue weighted by Gasteiger charge is -2.18. The van der Waals surface area contributed by atoms with Crippen LogP contribution in [0.4, 0.5) is 0 Å². The summed E-state index contributed by atoms with van der Waals surface area (Å²) < 4.78 is 27.5. The standard InChI is InChI=1S/C25H24O7/c1-4-22(26)29-12-14-31-24-18-8-6-7-9-19(18)25(32-15-13-30-23(27)5-2)21-16-17(28-3)10-11-20(21)24/h4-11,16H,1-2,12-15H2,3H3. The van der Waals surface area contributed by atoms with Crippen LogP contribution in [0.1, 0.15) is 0 Å². The van der Waals surface area contributed by atoms with Crippen molar-refractivity contribution >= 4 is 33.5 Å². The molecule has 32 heavy (non-hydrogen) atoms. The fraction of sp³-hybridized carbons (Fsp3) is 0.200. The van der Waals surface area contributed by atoms with E-state index in [1.54, 1.807) is 7.11 Å². The minimum atomic E-state index is -0.508. The highest BCUT2D eigenvalue weighted by Crippen LogP contribution is 2.43. The second-order valence-corrected chi connectivity index (χ2v) is 6.56. The Morgan fingerprint density at radius 1 is 0.750 bits per heavy atom. The first-order valence-electron chi connectivity index (χ1n) is 9.95. The van der Waals surface area contributed by atoms with Crippen LogP contribution >= 0.6 is 0 Å². The highest BCUT2D eigenvalue weighted by atomic mass is 16.6. The largest absolute Gasteiger partial charge is 0.497 e. The van der Waals surface area contributed by atoms with Crippen molar-refractivity contribution in [1.29, 1.82) is 0 Å². The third-order valence-electron chi connectivity index (χ3n) is 4.61. The van der Waals surface area contributed by atoms with Crippen molar-refractivity contribution in [2.24, 2.45) is 0 Å². The lowest BCUT2D eigenvalue weighted by molar-refractivity contribution is -0.139. The number of esters is 2. The van der Waals surface area contributed by atoms with E-state index in [0.29, 0.717) is 17.2 Å². The van der Waals surface area contributed by atoms with Gasteiger partial charge in [-0.1, -0.05) is 37.4 Å². The molecule has 0 aromatic heterocycles. The number of fused-ring (bicyclic) bond motifs is 2. The molecule has 0 atom stereocenters. The van der Waals surface area contributed by atoms with Gasteiger partial charge in [0.25, 0.3) is 0 Å². The predicted molar refractivity (Wildman–Crippen MR) is 121 cm³/mol. The van der Waals surface area contributed by atoms with Crippen LogP contribution in [-0.2, 0) is 19.1 Å². The van der Waals surface area contributed by atoms with Crippen molar-refractivity contribution in [1.82, 2.24) is 0 Å². The van der Waals surface area contributed by atoms with Gasteiger partial charge in [0.1, 0.15) is 43.7 Å². The molecular weight excluding hydrogens is 412 g/mol. The molecule has 0 aliphatic rings. The van der Waals surface area contributed by atoms with Crippen LogP contribution in [0.2, 0.25) is 0 Å². The number of benzene rings is 3. The number of carbonyl (C=O) groups is 2. The van der Waals surface area contributed by atoms with Gasteiger partial charge in [0.05, 0.1) is 7.11 Å². The zero-order valence-corrected chi connectivity index (χ0v) is 17.8. The maximum absolute atomic E-state index is 11.3. The topological polar surface area (TPSA) is 80.3 Å². The molecule has 0 bridgehead atoms. The van der Waals surface area contributed by atoms with E-state index in [1.807, 2.05) is 42.5 Å². The zero-order valence-electron chi connectivity index (χ0n) is 17.8. The number of hydrogen-bond donors (Lipinski definition) is 0. The lowest BCUT2D eigenvalue weighted by atomic mass is 10.00. The summed E-state index contributed by atoms with van der Waals surface area (Å²) >= 11 is 0. The second-order valence-electron chi connectivity index (χ2n) is 6.56. The fourth-order valence-corrected chi connectivity index (χ4v) is 3.21. The highest BCUT2D eigenvalue weighted by molar-refractivity contribution is 6.11. The average Bonchev–Trinajstić information content (AvgIpc) is 2.83. The molecule has 0 unspecified atom stereocenters. The van der Waals surface area contributed by atoms with Crippen molar-refractivity contribution < 1.29 is 33.3 Å². The molecular formula is C25H24O7. The van der Waals surface area contributed by atoms with E-state index in [2.05, 4.69) is 13.2 Å². The highest BCUT2D eigenvalue weighted by Gasteiger charge is 2.17. The van der Waals surface area contributed by atoms with Crippen LogP contribution in [0.5, 0.6) is 17.2 Å². The molecule has 3 aromatic rings. The van der Waals surface area contributed by atoms with Gasteiger partial charge in [0, 0.05) is 33.7 Å². The first-order valence-corrected chi connectivity index (χ1v) is 9.95. The van der Waals surface area contributed by atoms with Gasteiger partial charge in [-0.2, -0.15) is 0 Å². The van der Waals surface area contributed by atoms with Crippen LogP contribution in [0.15, 0.2) is 67.8 Å². The Hall–Kier alpha value is -4.00. The van der Waals surface area contributed by atoms with E-state index in [9.17, 15) is 9.59 Å². The molecule has 0 aliphatic carbocycles. The summed E-state index contributed by atoms with van der Waals surface area (Å²) in [7, 11) is 1.59. The molecule has 0 amide bonds. The lowest BCUT2D eigenvalue weighted by Crippen LogP contribution is -2.12. The molecule has 3 rings (SSSR count). The Balaban J connectivity index is 1.99. The van der Waals surface area contributed by atoms with Gasteiger partial charge in [0.15, 0.2) is 0 Å². The van der Waals surface area contributed by atoms with E-state index in [1.165, 1.54) is 0 Å². The summed E-state index contributed by atoms with van der Waals surface area (Å²) in [6.07, 6.45) is 2.21. The smallest absolute Gasteiger partial charge is 0.330 e. The van der Waals surface area contributed by atoms with Crippen LogP contribution in [0.3, 0.4) is 0 Å². The predicted octanol–water partition coefficient (Wildman–Crippen LogP) is 4.22. The second kappa shape index (κ2) is 10.9. The van der Waals surface area contributed by atoms with E-state index in [4.69, 9.17) is 23.7 Å². The van der Waals surface area contributed by atoms with E-state index >= 15 is 0 Å². The minimum Gasteiger partial charge on any atom is -0.497 e. The number of rotatable bonds is 11. The maximum atomic E-state index is 11.3. The number of carbonyl (C=O) groups excluding carboxylic acids is 2. The summed E-state index contributed by atoms with van der Waals surface area (Å²) in [6.45, 7) is 7.25. The van der Waals surface area contributed by atoms with Crippen molar-refractivity contribution in [2.45, 2.75) is 0 Å². The molecule has 0 spiro atoms. The summed E-state index contributed by atoms with van der Waals surface area (Å²) in [5, 5.41) is 3.23. The SMILES string of the molecule is C=CC(=O)OCCOc1c2ccccc2c(OCCOC(=O)C=C)c2cc(OC)ccc12. The normalized spacial score (nSPS) is 10.4. The summed E-state index contributed by atoms with van der Waals surface area (Å²) in [4.78, 5) is 22.6. The van der Waals surface area contributed by atoms with Gasteiger partial charge in [-0.25, -0.2) is 9.59 Å². The maximum Gasteiger partial charge on any atom is 0.330 e. The summed E-state index contributed by atoms with van der Waals surface area (Å²) in [5.41, 5.74) is 0. The van der Waals surface area contributed by atoms with Crippen LogP contribution in [0, 0.1) is 0 Å². The van der Waals surface area contributed by atoms with Crippen molar-refractivity contribution in [2.75, 3.05) is 33.5 Å². The minimum absolute atomic E-state index is 0.0809. The van der Waals surface area contributed by atoms with Gasteiger partial charge in [0.2, 0.25) is 0 Å². The van der Waals surface area contributed by atoms with Gasteiger partial charge in [-0.15, -0.1) is 0 Å². The monoisotopic (exact) mass is 436 g/mol. The molecule has 0 radical (unpaired) electrons. The van der Waals surface area contributed by atoms with Crippen molar-refractivity contribution in [3.8, 4) is 17.2 Å². The van der Waals surface area contributed by atoms with Crippen molar-refractivity contribution in [3.63, 3.8) is 0 Å². The number of ether oxygens (including phenoxy) is 5. The Morgan fingerprint density at radius 3 is 1.75 bits per heavy atom. The number of hydrogen-bond acceptors (Lipinski definition) is 7. The molecule has 0 saturated carbocycles. The quantitative estimate of drug-likeness (QED) is 0.193. The molecule has 0 N–H and O–H groups in total. The van der Waals surface area contributed by atoms with Gasteiger partial charge < -0.3 is 23.7 Å². The average molecular weight is 436 g/mol. The Bertz CT molecular complexity index is 1150. The zero-order chi connectivity index (χ0) is 22.9. The molecule has 0 heterocycles. The van der Waals surface area contributed by atoms with Crippen LogP contribution in [0.25, 0.3) is 21.5 Å². The Morgan fingerprint density at radius 2 is 1.25 bits per heavy atom. The molecule has 0 fully saturated rings. The molecule has 3 aromatic carbocycles. The number of methoxy groups -OCH3 is 1. The molecule has 0 saturated heterocycles.